The summed E-state index contributed by atoms with van der Waals surface area (Å²) < 4.78 is 0. The Morgan fingerprint density at radius 3 is 2.74 bits per heavy atom. The number of aryl methyl sites for hydroxylation is 1. The Morgan fingerprint density at radius 2 is 2.13 bits per heavy atom. The number of hydrogen-bond acceptors (Lipinski definition) is 5. The van der Waals surface area contributed by atoms with Crippen molar-refractivity contribution in [3.63, 3.8) is 0 Å². The van der Waals surface area contributed by atoms with Gasteiger partial charge in [-0.25, -0.2) is 4.98 Å². The Morgan fingerprint density at radius 1 is 1.43 bits per heavy atom. The molecule has 0 atom stereocenters. The summed E-state index contributed by atoms with van der Waals surface area (Å²) in [5.74, 6) is 1.32. The molecule has 1 fully saturated rings. The number of pyridine rings is 1. The van der Waals surface area contributed by atoms with Crippen LogP contribution in [0.5, 0.6) is 0 Å². The van der Waals surface area contributed by atoms with Crippen LogP contribution in [0, 0.1) is 5.92 Å². The van der Waals surface area contributed by atoms with E-state index in [4.69, 9.17) is 16.5 Å². The zero-order chi connectivity index (χ0) is 16.6. The van der Waals surface area contributed by atoms with Crippen LogP contribution < -0.4 is 16.4 Å². The first-order valence-electron chi connectivity index (χ1n) is 8.27. The van der Waals surface area contributed by atoms with Crippen LogP contribution in [0.3, 0.4) is 0 Å². The Kier molecular flexibility index (Phi) is 4.43. The molecular formula is C17H24N4OS. The minimum absolute atomic E-state index is 0.425. The molecule has 3 heterocycles. The first kappa shape index (κ1) is 16.1. The quantitative estimate of drug-likeness (QED) is 0.900. The summed E-state index contributed by atoms with van der Waals surface area (Å²) in [5, 5.41) is 0.916. The SMILES string of the molecule is CCCc1cc(N2CCC(C)CC2)nc2sc(C(N)=O)c(N)c12. The van der Waals surface area contributed by atoms with Gasteiger partial charge in [0, 0.05) is 18.5 Å². The maximum absolute atomic E-state index is 11.6. The fraction of sp³-hybridized carbons (Fsp3) is 0.529. The van der Waals surface area contributed by atoms with Crippen LogP contribution in [-0.2, 0) is 6.42 Å². The van der Waals surface area contributed by atoms with Crippen molar-refractivity contribution in [2.45, 2.75) is 39.5 Å². The number of anilines is 2. The maximum atomic E-state index is 11.6. The molecule has 0 aromatic carbocycles. The third-order valence-corrected chi connectivity index (χ3v) is 5.73. The van der Waals surface area contributed by atoms with E-state index in [0.717, 1.165) is 47.9 Å². The second kappa shape index (κ2) is 6.35. The second-order valence-electron chi connectivity index (χ2n) is 6.45. The lowest BCUT2D eigenvalue weighted by atomic mass is 9.99. The molecule has 0 radical (unpaired) electrons. The smallest absolute Gasteiger partial charge is 0.260 e. The molecule has 5 nitrogen and oxygen atoms in total. The highest BCUT2D eigenvalue weighted by molar-refractivity contribution is 7.21. The number of fused-ring (bicyclic) bond motifs is 1. The van der Waals surface area contributed by atoms with E-state index in [-0.39, 0.29) is 0 Å². The van der Waals surface area contributed by atoms with E-state index in [1.807, 2.05) is 0 Å². The van der Waals surface area contributed by atoms with Crippen LogP contribution in [0.15, 0.2) is 6.07 Å². The average Bonchev–Trinajstić information content (AvgIpc) is 2.86. The molecule has 0 aliphatic carbocycles. The summed E-state index contributed by atoms with van der Waals surface area (Å²) in [7, 11) is 0. The van der Waals surface area contributed by atoms with E-state index in [0.29, 0.717) is 10.6 Å². The van der Waals surface area contributed by atoms with Crippen LogP contribution >= 0.6 is 11.3 Å². The number of nitrogens with zero attached hydrogens (tertiary/aromatic N) is 2. The van der Waals surface area contributed by atoms with E-state index < -0.39 is 5.91 Å². The molecule has 2 aromatic heterocycles. The van der Waals surface area contributed by atoms with Crippen molar-refractivity contribution in [2.75, 3.05) is 23.7 Å². The van der Waals surface area contributed by atoms with Crippen molar-refractivity contribution in [1.82, 2.24) is 4.98 Å². The van der Waals surface area contributed by atoms with Crippen LogP contribution in [0.25, 0.3) is 10.2 Å². The molecule has 3 rings (SSSR count). The van der Waals surface area contributed by atoms with E-state index in [2.05, 4.69) is 24.8 Å². The number of hydrogen-bond donors (Lipinski definition) is 2. The van der Waals surface area contributed by atoms with Gasteiger partial charge in [-0.15, -0.1) is 11.3 Å². The Bertz CT molecular complexity index is 732. The topological polar surface area (TPSA) is 85.2 Å². The van der Waals surface area contributed by atoms with Crippen LogP contribution in [0.4, 0.5) is 11.5 Å². The van der Waals surface area contributed by atoms with Crippen LogP contribution in [0.2, 0.25) is 0 Å². The predicted molar refractivity (Wildman–Crippen MR) is 97.2 cm³/mol. The number of primary amides is 1. The summed E-state index contributed by atoms with van der Waals surface area (Å²) >= 11 is 1.31. The predicted octanol–water partition coefficient (Wildman–Crippen LogP) is 3.17. The lowest BCUT2D eigenvalue weighted by Crippen LogP contribution is -2.33. The minimum atomic E-state index is -0.471. The third kappa shape index (κ3) is 3.00. The van der Waals surface area contributed by atoms with Crippen molar-refractivity contribution in [3.8, 4) is 0 Å². The van der Waals surface area contributed by atoms with Gasteiger partial charge in [0.15, 0.2) is 0 Å². The molecule has 0 spiro atoms. The molecule has 2 aromatic rings. The number of thiophene rings is 1. The molecule has 4 N–H and O–H groups in total. The van der Waals surface area contributed by atoms with Crippen molar-refractivity contribution in [2.24, 2.45) is 11.7 Å². The fourth-order valence-corrected chi connectivity index (χ4v) is 4.22. The molecule has 0 bridgehead atoms. The first-order chi connectivity index (χ1) is 11.0. The highest BCUT2D eigenvalue weighted by Gasteiger charge is 2.22. The van der Waals surface area contributed by atoms with Gasteiger partial charge >= 0.3 is 0 Å². The normalized spacial score (nSPS) is 16.2. The van der Waals surface area contributed by atoms with Gasteiger partial charge in [0.25, 0.3) is 5.91 Å². The number of amides is 1. The molecule has 124 valence electrons. The zero-order valence-corrected chi connectivity index (χ0v) is 14.6. The summed E-state index contributed by atoms with van der Waals surface area (Å²) in [6.07, 6.45) is 4.34. The minimum Gasteiger partial charge on any atom is -0.397 e. The third-order valence-electron chi connectivity index (χ3n) is 4.62. The molecule has 23 heavy (non-hydrogen) atoms. The van der Waals surface area contributed by atoms with Gasteiger partial charge in [0.2, 0.25) is 0 Å². The summed E-state index contributed by atoms with van der Waals surface area (Å²) in [5.41, 5.74) is 13.3. The lowest BCUT2D eigenvalue weighted by Gasteiger charge is -2.31. The van der Waals surface area contributed by atoms with Crippen LogP contribution in [-0.4, -0.2) is 24.0 Å². The summed E-state index contributed by atoms with van der Waals surface area (Å²) in [4.78, 5) is 20.0. The summed E-state index contributed by atoms with van der Waals surface area (Å²) in [6, 6.07) is 2.15. The van der Waals surface area contributed by atoms with Gasteiger partial charge in [-0.05, 0) is 36.8 Å². The van der Waals surface area contributed by atoms with Crippen molar-refractivity contribution in [3.05, 3.63) is 16.5 Å². The van der Waals surface area contributed by atoms with E-state index in [1.165, 1.54) is 29.7 Å². The number of carbonyl (C=O) groups excluding carboxylic acids is 1. The highest BCUT2D eigenvalue weighted by atomic mass is 32.1. The van der Waals surface area contributed by atoms with Crippen molar-refractivity contribution >= 4 is 39.0 Å². The van der Waals surface area contributed by atoms with E-state index >= 15 is 0 Å². The van der Waals surface area contributed by atoms with E-state index in [9.17, 15) is 4.79 Å². The van der Waals surface area contributed by atoms with Crippen molar-refractivity contribution < 1.29 is 4.79 Å². The number of nitrogens with two attached hydrogens (primary N) is 2. The van der Waals surface area contributed by atoms with Crippen LogP contribution in [0.1, 0.15) is 48.3 Å². The average molecular weight is 332 g/mol. The molecule has 1 amide bonds. The molecule has 0 saturated carbocycles. The molecular weight excluding hydrogens is 308 g/mol. The van der Waals surface area contributed by atoms with Gasteiger partial charge in [0.05, 0.1) is 5.69 Å². The first-order valence-corrected chi connectivity index (χ1v) is 9.09. The molecule has 1 aliphatic heterocycles. The lowest BCUT2D eigenvalue weighted by molar-refractivity contribution is 0.100. The van der Waals surface area contributed by atoms with Gasteiger partial charge in [-0.2, -0.15) is 0 Å². The molecule has 1 saturated heterocycles. The summed E-state index contributed by atoms with van der Waals surface area (Å²) in [6.45, 7) is 6.52. The molecule has 1 aliphatic rings. The second-order valence-corrected chi connectivity index (χ2v) is 7.45. The standard InChI is InChI=1S/C17H24N4OS/c1-3-4-11-9-12(21-7-5-10(2)6-8-21)20-17-13(11)14(18)15(23-17)16(19)22/h9-10H,3-8,18H2,1-2H3,(H2,19,22). The Labute approximate surface area is 140 Å². The number of piperidine rings is 1. The van der Waals surface area contributed by atoms with Gasteiger partial charge in [0.1, 0.15) is 15.5 Å². The van der Waals surface area contributed by atoms with Gasteiger partial charge in [-0.3, -0.25) is 4.79 Å². The molecule has 6 heteroatoms. The highest BCUT2D eigenvalue weighted by Crippen LogP contribution is 2.37. The zero-order valence-electron chi connectivity index (χ0n) is 13.8. The number of carbonyl (C=O) groups is 1. The number of nitrogen functional groups attached to an aromatic ring is 1. The molecule has 0 unspecified atom stereocenters. The largest absolute Gasteiger partial charge is 0.397 e. The Balaban J connectivity index is 2.08. The Hall–Kier alpha value is -1.82. The fourth-order valence-electron chi connectivity index (χ4n) is 3.23. The van der Waals surface area contributed by atoms with E-state index in [1.54, 1.807) is 0 Å². The van der Waals surface area contributed by atoms with Crippen molar-refractivity contribution in [1.29, 1.82) is 0 Å². The number of aromatic nitrogens is 1. The monoisotopic (exact) mass is 332 g/mol. The number of rotatable bonds is 4. The van der Waals surface area contributed by atoms with Gasteiger partial charge < -0.3 is 16.4 Å². The maximum Gasteiger partial charge on any atom is 0.260 e. The van der Waals surface area contributed by atoms with Gasteiger partial charge in [-0.1, -0.05) is 20.3 Å².